The van der Waals surface area contributed by atoms with E-state index in [-0.39, 0.29) is 17.7 Å². The average Bonchev–Trinajstić information content (AvgIpc) is 2.27. The number of methoxy groups -OCH3 is 1. The van der Waals surface area contributed by atoms with E-state index >= 15 is 0 Å². The minimum absolute atomic E-state index is 0.0862. The van der Waals surface area contributed by atoms with Crippen molar-refractivity contribution in [3.63, 3.8) is 0 Å². The summed E-state index contributed by atoms with van der Waals surface area (Å²) >= 11 is 0. The van der Waals surface area contributed by atoms with Crippen molar-refractivity contribution >= 4 is 16.7 Å². The van der Waals surface area contributed by atoms with Gasteiger partial charge < -0.3 is 15.2 Å². The molecular weight excluding hydrogens is 254 g/mol. The molecule has 5 nitrogen and oxygen atoms in total. The molecule has 0 aromatic heterocycles. The van der Waals surface area contributed by atoms with E-state index in [4.69, 9.17) is 4.74 Å². The van der Waals surface area contributed by atoms with Gasteiger partial charge in [-0.15, -0.1) is 0 Å². The maximum absolute atomic E-state index is 11.8. The number of benzene rings is 1. The Hall–Kier alpha value is -1.56. The third-order valence-corrected chi connectivity index (χ3v) is 3.27. The molecule has 0 radical (unpaired) electrons. The number of amides is 1. The van der Waals surface area contributed by atoms with E-state index in [1.165, 1.54) is 19.2 Å². The molecule has 0 bridgehead atoms. The molecule has 0 aliphatic heterocycles. The van der Waals surface area contributed by atoms with Crippen LogP contribution in [0.3, 0.4) is 0 Å². The molecule has 0 saturated carbocycles. The quantitative estimate of drug-likeness (QED) is 0.834. The van der Waals surface area contributed by atoms with Crippen LogP contribution < -0.4 is 10.1 Å². The highest BCUT2D eigenvalue weighted by molar-refractivity contribution is 7.84. The predicted molar refractivity (Wildman–Crippen MR) is 70.5 cm³/mol. The van der Waals surface area contributed by atoms with Crippen LogP contribution in [0.25, 0.3) is 0 Å². The Morgan fingerprint density at radius 1 is 1.56 bits per heavy atom. The molecule has 2 N–H and O–H groups in total. The summed E-state index contributed by atoms with van der Waals surface area (Å²) in [5, 5.41) is 12.3. The van der Waals surface area contributed by atoms with Crippen LogP contribution in [-0.4, -0.2) is 40.4 Å². The lowest BCUT2D eigenvalue weighted by Gasteiger charge is -2.13. The molecule has 0 aliphatic carbocycles. The van der Waals surface area contributed by atoms with Crippen LogP contribution in [0.15, 0.2) is 18.2 Å². The molecule has 100 valence electrons. The van der Waals surface area contributed by atoms with Crippen LogP contribution in [0.1, 0.15) is 17.3 Å². The minimum Gasteiger partial charge on any atom is -0.504 e. The van der Waals surface area contributed by atoms with Crippen molar-refractivity contribution in [2.45, 2.75) is 13.0 Å². The van der Waals surface area contributed by atoms with Gasteiger partial charge in [-0.3, -0.25) is 9.00 Å². The number of hydrogen-bond donors (Lipinski definition) is 2. The number of rotatable bonds is 5. The van der Waals surface area contributed by atoms with E-state index in [0.717, 1.165) is 0 Å². The first kappa shape index (κ1) is 14.5. The van der Waals surface area contributed by atoms with Gasteiger partial charge in [0.1, 0.15) is 0 Å². The molecule has 0 saturated heterocycles. The summed E-state index contributed by atoms with van der Waals surface area (Å²) in [4.78, 5) is 11.8. The smallest absolute Gasteiger partial charge is 0.251 e. The van der Waals surface area contributed by atoms with Crippen molar-refractivity contribution in [3.8, 4) is 11.5 Å². The third kappa shape index (κ3) is 4.03. The third-order valence-electron chi connectivity index (χ3n) is 2.30. The van der Waals surface area contributed by atoms with E-state index in [0.29, 0.717) is 17.1 Å². The lowest BCUT2D eigenvalue weighted by Crippen LogP contribution is -2.36. The second kappa shape index (κ2) is 6.39. The van der Waals surface area contributed by atoms with Gasteiger partial charge in [-0.1, -0.05) is 0 Å². The average molecular weight is 271 g/mol. The largest absolute Gasteiger partial charge is 0.504 e. The highest BCUT2D eigenvalue weighted by Gasteiger charge is 2.12. The zero-order chi connectivity index (χ0) is 13.7. The first-order valence-corrected chi connectivity index (χ1v) is 7.14. The van der Waals surface area contributed by atoms with E-state index < -0.39 is 10.8 Å². The number of phenolic OH excluding ortho intramolecular Hbond substituents is 1. The van der Waals surface area contributed by atoms with E-state index in [2.05, 4.69) is 5.32 Å². The van der Waals surface area contributed by atoms with Crippen molar-refractivity contribution in [2.75, 3.05) is 19.1 Å². The van der Waals surface area contributed by atoms with Crippen molar-refractivity contribution in [1.29, 1.82) is 0 Å². The molecule has 1 rings (SSSR count). The fraction of sp³-hybridized carbons (Fsp3) is 0.417. The Balaban J connectivity index is 2.72. The minimum atomic E-state index is -0.962. The van der Waals surface area contributed by atoms with Gasteiger partial charge in [0.25, 0.3) is 5.91 Å². The molecule has 2 unspecified atom stereocenters. The summed E-state index contributed by atoms with van der Waals surface area (Å²) in [6.45, 7) is 1.78. The SMILES string of the molecule is COc1ccc(C(=O)NC(C)CS(C)=O)cc1O. The molecule has 1 amide bonds. The number of ether oxygens (including phenoxy) is 1. The maximum Gasteiger partial charge on any atom is 0.251 e. The van der Waals surface area contributed by atoms with Gasteiger partial charge in [-0.05, 0) is 25.1 Å². The van der Waals surface area contributed by atoms with Crippen molar-refractivity contribution in [3.05, 3.63) is 23.8 Å². The van der Waals surface area contributed by atoms with Gasteiger partial charge in [0.2, 0.25) is 0 Å². The zero-order valence-electron chi connectivity index (χ0n) is 10.6. The van der Waals surface area contributed by atoms with Gasteiger partial charge in [-0.25, -0.2) is 0 Å². The van der Waals surface area contributed by atoms with Crippen LogP contribution >= 0.6 is 0 Å². The highest BCUT2D eigenvalue weighted by atomic mass is 32.2. The van der Waals surface area contributed by atoms with Gasteiger partial charge in [-0.2, -0.15) is 0 Å². The molecule has 0 heterocycles. The molecule has 6 heteroatoms. The molecule has 0 aliphatic rings. The standard InChI is InChI=1S/C12H17NO4S/c1-8(7-18(3)16)13-12(15)9-4-5-11(17-2)10(14)6-9/h4-6,8,14H,7H2,1-3H3,(H,13,15). The Labute approximate surface area is 109 Å². The number of aromatic hydroxyl groups is 1. The molecular formula is C12H17NO4S. The normalized spacial score (nSPS) is 13.7. The number of nitrogens with one attached hydrogen (secondary N) is 1. The lowest BCUT2D eigenvalue weighted by atomic mass is 10.2. The monoisotopic (exact) mass is 271 g/mol. The predicted octanol–water partition coefficient (Wildman–Crippen LogP) is 0.898. The van der Waals surface area contributed by atoms with Crippen molar-refractivity contribution < 1.29 is 18.8 Å². The lowest BCUT2D eigenvalue weighted by molar-refractivity contribution is 0.0943. The van der Waals surface area contributed by atoms with Crippen LogP contribution in [0.4, 0.5) is 0 Å². The summed E-state index contributed by atoms with van der Waals surface area (Å²) in [6, 6.07) is 4.23. The molecule has 1 aromatic rings. The zero-order valence-corrected chi connectivity index (χ0v) is 11.4. The van der Waals surface area contributed by atoms with Gasteiger partial charge in [0, 0.05) is 34.4 Å². The fourth-order valence-electron chi connectivity index (χ4n) is 1.53. The fourth-order valence-corrected chi connectivity index (χ4v) is 2.32. The summed E-state index contributed by atoms with van der Waals surface area (Å²) in [5.41, 5.74) is 0.335. The first-order chi connectivity index (χ1) is 8.43. The maximum atomic E-state index is 11.8. The van der Waals surface area contributed by atoms with E-state index in [9.17, 15) is 14.1 Å². The van der Waals surface area contributed by atoms with Crippen LogP contribution in [0, 0.1) is 0 Å². The Kier molecular flexibility index (Phi) is 5.15. The first-order valence-electron chi connectivity index (χ1n) is 5.42. The van der Waals surface area contributed by atoms with Gasteiger partial charge in [0.15, 0.2) is 11.5 Å². The Morgan fingerprint density at radius 2 is 2.22 bits per heavy atom. The number of carbonyl (C=O) groups excluding carboxylic acids is 1. The highest BCUT2D eigenvalue weighted by Crippen LogP contribution is 2.26. The summed E-state index contributed by atoms with van der Waals surface area (Å²) in [7, 11) is 0.476. The number of phenols is 1. The van der Waals surface area contributed by atoms with Crippen LogP contribution in [0.2, 0.25) is 0 Å². The number of carbonyl (C=O) groups is 1. The van der Waals surface area contributed by atoms with Crippen LogP contribution in [0.5, 0.6) is 11.5 Å². The molecule has 18 heavy (non-hydrogen) atoms. The van der Waals surface area contributed by atoms with Gasteiger partial charge >= 0.3 is 0 Å². The second-order valence-electron chi connectivity index (χ2n) is 4.00. The van der Waals surface area contributed by atoms with Crippen molar-refractivity contribution in [2.24, 2.45) is 0 Å². The summed E-state index contributed by atoms with van der Waals surface area (Å²) in [5.74, 6) is 0.311. The summed E-state index contributed by atoms with van der Waals surface area (Å²) in [6.07, 6.45) is 1.59. The number of hydrogen-bond acceptors (Lipinski definition) is 4. The molecule has 2 atom stereocenters. The van der Waals surface area contributed by atoms with E-state index in [1.807, 2.05) is 0 Å². The molecule has 1 aromatic carbocycles. The Morgan fingerprint density at radius 3 is 2.72 bits per heavy atom. The second-order valence-corrected chi connectivity index (χ2v) is 5.48. The topological polar surface area (TPSA) is 75.6 Å². The van der Waals surface area contributed by atoms with Gasteiger partial charge in [0.05, 0.1) is 7.11 Å². The summed E-state index contributed by atoms with van der Waals surface area (Å²) < 4.78 is 15.9. The Bertz CT molecular complexity index is 461. The molecule has 0 fully saturated rings. The molecule has 0 spiro atoms. The van der Waals surface area contributed by atoms with Crippen molar-refractivity contribution in [1.82, 2.24) is 5.32 Å². The van der Waals surface area contributed by atoms with Crippen LogP contribution in [-0.2, 0) is 10.8 Å². The van der Waals surface area contributed by atoms with E-state index in [1.54, 1.807) is 19.2 Å².